The monoisotopic (exact) mass is 327 g/mol. The van der Waals surface area contributed by atoms with E-state index in [1.807, 2.05) is 12.1 Å². The van der Waals surface area contributed by atoms with E-state index in [9.17, 15) is 8.42 Å². The average Bonchev–Trinajstić information content (AvgIpc) is 3.34. The molecule has 0 spiro atoms. The van der Waals surface area contributed by atoms with Gasteiger partial charge in [-0.15, -0.1) is 11.6 Å². The number of alkyl halides is 1. The fourth-order valence-corrected chi connectivity index (χ4v) is 4.34. The SMILES string of the molecule is O=S(=O)(c1ccc(CCCl)cc1)N(CC1CC1)CC1CC1. The van der Waals surface area contributed by atoms with Crippen LogP contribution in [0.3, 0.4) is 0 Å². The lowest BCUT2D eigenvalue weighted by Crippen LogP contribution is -2.34. The van der Waals surface area contributed by atoms with Crippen molar-refractivity contribution < 1.29 is 8.42 Å². The summed E-state index contributed by atoms with van der Waals surface area (Å²) in [6, 6.07) is 7.21. The van der Waals surface area contributed by atoms with Crippen molar-refractivity contribution in [2.24, 2.45) is 11.8 Å². The summed E-state index contributed by atoms with van der Waals surface area (Å²) < 4.78 is 27.4. The molecule has 0 N–H and O–H groups in total. The van der Waals surface area contributed by atoms with Crippen LogP contribution in [-0.4, -0.2) is 31.7 Å². The molecule has 0 saturated heterocycles. The first kappa shape index (κ1) is 15.3. The maximum atomic E-state index is 12.8. The Labute approximate surface area is 132 Å². The minimum atomic E-state index is -3.34. The summed E-state index contributed by atoms with van der Waals surface area (Å²) in [6.45, 7) is 1.39. The number of nitrogens with zero attached hydrogens (tertiary/aromatic N) is 1. The summed E-state index contributed by atoms with van der Waals surface area (Å²) in [6.07, 6.45) is 5.46. The third-order valence-corrected chi connectivity index (χ3v) is 6.30. The molecule has 1 aromatic rings. The van der Waals surface area contributed by atoms with E-state index in [1.54, 1.807) is 16.4 Å². The highest BCUT2D eigenvalue weighted by Crippen LogP contribution is 2.35. The zero-order valence-electron chi connectivity index (χ0n) is 12.2. The zero-order chi connectivity index (χ0) is 14.9. The van der Waals surface area contributed by atoms with Crippen molar-refractivity contribution in [3.8, 4) is 0 Å². The highest BCUT2D eigenvalue weighted by Gasteiger charge is 2.35. The average molecular weight is 328 g/mol. The van der Waals surface area contributed by atoms with E-state index in [0.29, 0.717) is 35.7 Å². The van der Waals surface area contributed by atoms with E-state index in [0.717, 1.165) is 12.0 Å². The van der Waals surface area contributed by atoms with Gasteiger partial charge in [0.25, 0.3) is 0 Å². The summed E-state index contributed by atoms with van der Waals surface area (Å²) in [7, 11) is -3.34. The zero-order valence-corrected chi connectivity index (χ0v) is 13.7. The quantitative estimate of drug-likeness (QED) is 0.687. The Morgan fingerprint density at radius 3 is 1.95 bits per heavy atom. The highest BCUT2D eigenvalue weighted by molar-refractivity contribution is 7.89. The normalized spacial score (nSPS) is 19.1. The fourth-order valence-electron chi connectivity index (χ4n) is 2.53. The fraction of sp³-hybridized carbons (Fsp3) is 0.625. The lowest BCUT2D eigenvalue weighted by molar-refractivity contribution is 0.382. The molecule has 0 amide bonds. The molecule has 2 fully saturated rings. The third kappa shape index (κ3) is 3.99. The molecule has 21 heavy (non-hydrogen) atoms. The Balaban J connectivity index is 1.77. The van der Waals surface area contributed by atoms with Crippen molar-refractivity contribution >= 4 is 21.6 Å². The van der Waals surface area contributed by atoms with Gasteiger partial charge in [0.15, 0.2) is 0 Å². The Kier molecular flexibility index (Phi) is 4.57. The summed E-state index contributed by atoms with van der Waals surface area (Å²) >= 11 is 5.72. The van der Waals surface area contributed by atoms with Crippen molar-refractivity contribution in [1.82, 2.24) is 4.31 Å². The molecule has 0 heterocycles. The van der Waals surface area contributed by atoms with E-state index in [-0.39, 0.29) is 0 Å². The minimum Gasteiger partial charge on any atom is -0.207 e. The first-order valence-electron chi connectivity index (χ1n) is 7.74. The van der Waals surface area contributed by atoms with Crippen LogP contribution in [0.25, 0.3) is 0 Å². The maximum Gasteiger partial charge on any atom is 0.243 e. The molecule has 5 heteroatoms. The van der Waals surface area contributed by atoms with Crippen LogP contribution in [0.2, 0.25) is 0 Å². The molecule has 3 nitrogen and oxygen atoms in total. The van der Waals surface area contributed by atoms with Gasteiger partial charge < -0.3 is 0 Å². The second-order valence-electron chi connectivity index (χ2n) is 6.29. The standard InChI is InChI=1S/C16H22ClNO2S/c17-10-9-13-5-7-16(8-6-13)21(19,20)18(11-14-1-2-14)12-15-3-4-15/h5-8,14-15H,1-4,9-12H2. The second-order valence-corrected chi connectivity index (χ2v) is 8.61. The molecule has 0 atom stereocenters. The van der Waals surface area contributed by atoms with E-state index >= 15 is 0 Å². The third-order valence-electron chi connectivity index (χ3n) is 4.26. The first-order valence-corrected chi connectivity index (χ1v) is 9.72. The number of hydrogen-bond acceptors (Lipinski definition) is 2. The lowest BCUT2D eigenvalue weighted by Gasteiger charge is -2.22. The second kappa shape index (κ2) is 6.27. The molecule has 0 aliphatic heterocycles. The highest BCUT2D eigenvalue weighted by atomic mass is 35.5. The smallest absolute Gasteiger partial charge is 0.207 e. The Morgan fingerprint density at radius 2 is 1.52 bits per heavy atom. The Morgan fingerprint density at radius 1 is 1.00 bits per heavy atom. The van der Waals surface area contributed by atoms with Crippen LogP contribution < -0.4 is 0 Å². The molecule has 0 unspecified atom stereocenters. The van der Waals surface area contributed by atoms with Crippen LogP contribution in [0.5, 0.6) is 0 Å². The van der Waals surface area contributed by atoms with Crippen LogP contribution in [0, 0.1) is 11.8 Å². The minimum absolute atomic E-state index is 0.419. The van der Waals surface area contributed by atoms with Crippen molar-refractivity contribution in [3.05, 3.63) is 29.8 Å². The topological polar surface area (TPSA) is 37.4 Å². The molecule has 0 aromatic heterocycles. The van der Waals surface area contributed by atoms with E-state index in [4.69, 9.17) is 11.6 Å². The molecule has 2 aliphatic rings. The summed E-state index contributed by atoms with van der Waals surface area (Å²) in [5.41, 5.74) is 1.08. The molecule has 116 valence electrons. The van der Waals surface area contributed by atoms with Gasteiger partial charge in [0.05, 0.1) is 4.90 Å². The molecule has 2 saturated carbocycles. The van der Waals surface area contributed by atoms with Crippen LogP contribution >= 0.6 is 11.6 Å². The number of halogens is 1. The number of benzene rings is 1. The number of aryl methyl sites for hydroxylation is 1. The van der Waals surface area contributed by atoms with Crippen LogP contribution in [0.1, 0.15) is 31.2 Å². The van der Waals surface area contributed by atoms with Crippen molar-refractivity contribution in [1.29, 1.82) is 0 Å². The predicted molar refractivity (Wildman–Crippen MR) is 85.1 cm³/mol. The van der Waals surface area contributed by atoms with Gasteiger partial charge in [0.2, 0.25) is 10.0 Å². The van der Waals surface area contributed by atoms with Crippen molar-refractivity contribution in [2.75, 3.05) is 19.0 Å². The summed E-state index contributed by atoms with van der Waals surface area (Å²) in [4.78, 5) is 0.419. The molecule has 3 rings (SSSR count). The summed E-state index contributed by atoms with van der Waals surface area (Å²) in [5, 5.41) is 0. The Hall–Kier alpha value is -0.580. The van der Waals surface area contributed by atoms with E-state index in [2.05, 4.69) is 0 Å². The molecule has 2 aliphatic carbocycles. The number of hydrogen-bond donors (Lipinski definition) is 0. The van der Waals surface area contributed by atoms with Gasteiger partial charge in [-0.05, 0) is 61.6 Å². The van der Waals surface area contributed by atoms with Crippen molar-refractivity contribution in [3.63, 3.8) is 0 Å². The van der Waals surface area contributed by atoms with Crippen molar-refractivity contribution in [2.45, 2.75) is 37.0 Å². The lowest BCUT2D eigenvalue weighted by atomic mass is 10.2. The molecular formula is C16H22ClNO2S. The molecule has 1 aromatic carbocycles. The summed E-state index contributed by atoms with van der Waals surface area (Å²) in [5.74, 6) is 1.71. The van der Waals surface area contributed by atoms with Crippen LogP contribution in [0.15, 0.2) is 29.2 Å². The van der Waals surface area contributed by atoms with E-state index in [1.165, 1.54) is 25.7 Å². The number of sulfonamides is 1. The predicted octanol–water partition coefficient (Wildman–Crippen LogP) is 3.28. The van der Waals surface area contributed by atoms with Crippen LogP contribution in [-0.2, 0) is 16.4 Å². The van der Waals surface area contributed by atoms with Gasteiger partial charge in [-0.3, -0.25) is 0 Å². The van der Waals surface area contributed by atoms with Crippen LogP contribution in [0.4, 0.5) is 0 Å². The van der Waals surface area contributed by atoms with Gasteiger partial charge in [0.1, 0.15) is 0 Å². The largest absolute Gasteiger partial charge is 0.243 e. The first-order chi connectivity index (χ1) is 10.1. The Bertz CT molecular complexity index is 563. The van der Waals surface area contributed by atoms with Gasteiger partial charge in [-0.25, -0.2) is 8.42 Å². The maximum absolute atomic E-state index is 12.8. The molecular weight excluding hydrogens is 306 g/mol. The van der Waals surface area contributed by atoms with Gasteiger partial charge in [-0.1, -0.05) is 12.1 Å². The van der Waals surface area contributed by atoms with Gasteiger partial charge in [-0.2, -0.15) is 4.31 Å². The number of rotatable bonds is 8. The van der Waals surface area contributed by atoms with Gasteiger partial charge >= 0.3 is 0 Å². The molecule has 0 bridgehead atoms. The van der Waals surface area contributed by atoms with Gasteiger partial charge in [0, 0.05) is 19.0 Å². The van der Waals surface area contributed by atoms with E-state index < -0.39 is 10.0 Å². The molecule has 0 radical (unpaired) electrons.